The Bertz CT molecular complexity index is 615. The number of likely N-dealkylation sites (tertiary alicyclic amines) is 1. The molecule has 6 heteroatoms. The SMILES string of the molecule is CC(C)(C)OC(=O)c1ccc(CN2CC(C(=O)O)CC2=O)cc1. The highest BCUT2D eigenvalue weighted by molar-refractivity contribution is 5.89. The number of hydrogen-bond acceptors (Lipinski definition) is 4. The topological polar surface area (TPSA) is 83.9 Å². The molecule has 0 bridgehead atoms. The van der Waals surface area contributed by atoms with E-state index in [0.717, 1.165) is 5.56 Å². The summed E-state index contributed by atoms with van der Waals surface area (Å²) in [5.41, 5.74) is 0.736. The lowest BCUT2D eigenvalue weighted by atomic mass is 10.1. The fraction of sp³-hybridized carbons (Fsp3) is 0.471. The Balaban J connectivity index is 1.99. The van der Waals surface area contributed by atoms with Gasteiger partial charge < -0.3 is 14.7 Å². The van der Waals surface area contributed by atoms with Crippen molar-refractivity contribution in [3.8, 4) is 0 Å². The van der Waals surface area contributed by atoms with Gasteiger partial charge in [-0.2, -0.15) is 0 Å². The van der Waals surface area contributed by atoms with Crippen molar-refractivity contribution >= 4 is 17.8 Å². The molecule has 0 aromatic heterocycles. The van der Waals surface area contributed by atoms with E-state index in [-0.39, 0.29) is 18.9 Å². The van der Waals surface area contributed by atoms with Crippen LogP contribution >= 0.6 is 0 Å². The van der Waals surface area contributed by atoms with Gasteiger partial charge in [-0.1, -0.05) is 12.1 Å². The molecule has 1 aliphatic heterocycles. The van der Waals surface area contributed by atoms with Crippen molar-refractivity contribution in [2.45, 2.75) is 39.3 Å². The first-order valence-corrected chi connectivity index (χ1v) is 7.48. The Morgan fingerprint density at radius 1 is 1.26 bits per heavy atom. The molecule has 1 aromatic rings. The predicted molar refractivity (Wildman–Crippen MR) is 82.8 cm³/mol. The number of carboxylic acid groups (broad SMARTS) is 1. The minimum Gasteiger partial charge on any atom is -0.481 e. The number of nitrogens with zero attached hydrogens (tertiary/aromatic N) is 1. The molecule has 23 heavy (non-hydrogen) atoms. The summed E-state index contributed by atoms with van der Waals surface area (Å²) in [6.07, 6.45) is 0.0469. The Hall–Kier alpha value is -2.37. The van der Waals surface area contributed by atoms with Crippen molar-refractivity contribution in [2.24, 2.45) is 5.92 Å². The number of rotatable bonds is 4. The molecule has 1 N–H and O–H groups in total. The fourth-order valence-corrected chi connectivity index (χ4v) is 2.39. The Morgan fingerprint density at radius 3 is 2.35 bits per heavy atom. The molecule has 1 saturated heterocycles. The van der Waals surface area contributed by atoms with Crippen LogP contribution in [0, 0.1) is 5.92 Å². The molecule has 1 aromatic carbocycles. The molecule has 1 heterocycles. The molecule has 2 rings (SSSR count). The van der Waals surface area contributed by atoms with Gasteiger partial charge in [-0.25, -0.2) is 4.79 Å². The van der Waals surface area contributed by atoms with E-state index in [0.29, 0.717) is 12.1 Å². The zero-order chi connectivity index (χ0) is 17.2. The molecular formula is C17H21NO5. The molecule has 1 aliphatic rings. The number of carbonyl (C=O) groups is 3. The van der Waals surface area contributed by atoms with Gasteiger partial charge in [0, 0.05) is 19.5 Å². The number of esters is 1. The maximum atomic E-state index is 11.9. The van der Waals surface area contributed by atoms with Gasteiger partial charge in [0.2, 0.25) is 5.91 Å². The summed E-state index contributed by atoms with van der Waals surface area (Å²) < 4.78 is 5.29. The second-order valence-electron chi connectivity index (χ2n) is 6.71. The maximum Gasteiger partial charge on any atom is 0.338 e. The maximum absolute atomic E-state index is 11.9. The first kappa shape index (κ1) is 17.0. The van der Waals surface area contributed by atoms with E-state index in [9.17, 15) is 14.4 Å². The molecule has 124 valence electrons. The molecule has 0 spiro atoms. The third-order valence-corrected chi connectivity index (χ3v) is 3.53. The summed E-state index contributed by atoms with van der Waals surface area (Å²) in [6.45, 7) is 5.98. The lowest BCUT2D eigenvalue weighted by Crippen LogP contribution is -2.26. The number of carbonyl (C=O) groups excluding carboxylic acids is 2. The van der Waals surface area contributed by atoms with Crippen molar-refractivity contribution in [1.82, 2.24) is 4.90 Å². The molecule has 6 nitrogen and oxygen atoms in total. The van der Waals surface area contributed by atoms with Gasteiger partial charge in [-0.05, 0) is 38.5 Å². The van der Waals surface area contributed by atoms with Crippen LogP contribution in [0.3, 0.4) is 0 Å². The Kier molecular flexibility index (Phi) is 4.73. The van der Waals surface area contributed by atoms with Crippen LogP contribution in [0.1, 0.15) is 43.1 Å². The number of aliphatic carboxylic acids is 1. The molecule has 1 fully saturated rings. The summed E-state index contributed by atoms with van der Waals surface area (Å²) in [5.74, 6) is -2.13. The van der Waals surface area contributed by atoms with Gasteiger partial charge in [-0.15, -0.1) is 0 Å². The molecule has 0 saturated carbocycles. The minimum absolute atomic E-state index is 0.0469. The van der Waals surface area contributed by atoms with E-state index in [1.807, 2.05) is 0 Å². The number of amides is 1. The second kappa shape index (κ2) is 6.40. The van der Waals surface area contributed by atoms with Gasteiger partial charge in [0.05, 0.1) is 11.5 Å². The van der Waals surface area contributed by atoms with E-state index in [1.165, 1.54) is 4.90 Å². The Labute approximate surface area is 135 Å². The average molecular weight is 319 g/mol. The predicted octanol–water partition coefficient (Wildman–Crippen LogP) is 2.08. The summed E-state index contributed by atoms with van der Waals surface area (Å²) >= 11 is 0. The standard InChI is InChI=1S/C17H21NO5/c1-17(2,3)23-16(22)12-6-4-11(5-7-12)9-18-10-13(15(20)21)8-14(18)19/h4-7,13H,8-10H2,1-3H3,(H,20,21). The first-order chi connectivity index (χ1) is 10.7. The average Bonchev–Trinajstić information content (AvgIpc) is 2.79. The van der Waals surface area contributed by atoms with Crippen molar-refractivity contribution < 1.29 is 24.2 Å². The van der Waals surface area contributed by atoms with Crippen LogP contribution in [0.2, 0.25) is 0 Å². The van der Waals surface area contributed by atoms with Gasteiger partial charge in [0.1, 0.15) is 5.60 Å². The van der Waals surface area contributed by atoms with Gasteiger partial charge >= 0.3 is 11.9 Å². The van der Waals surface area contributed by atoms with E-state index in [4.69, 9.17) is 9.84 Å². The quantitative estimate of drug-likeness (QED) is 0.859. The van der Waals surface area contributed by atoms with Crippen LogP contribution in [0.5, 0.6) is 0 Å². The third-order valence-electron chi connectivity index (χ3n) is 3.53. The van der Waals surface area contributed by atoms with Gasteiger partial charge in [-0.3, -0.25) is 9.59 Å². The van der Waals surface area contributed by atoms with Crippen molar-refractivity contribution in [1.29, 1.82) is 0 Å². The molecule has 0 aliphatic carbocycles. The summed E-state index contributed by atoms with van der Waals surface area (Å²) in [4.78, 5) is 36.2. The lowest BCUT2D eigenvalue weighted by Gasteiger charge is -2.20. The largest absolute Gasteiger partial charge is 0.481 e. The van der Waals surface area contributed by atoms with E-state index >= 15 is 0 Å². The van der Waals surface area contributed by atoms with E-state index in [1.54, 1.807) is 45.0 Å². The van der Waals surface area contributed by atoms with E-state index < -0.39 is 23.5 Å². The van der Waals surface area contributed by atoms with Crippen LogP contribution in [-0.2, 0) is 20.9 Å². The lowest BCUT2D eigenvalue weighted by molar-refractivity contribution is -0.141. The smallest absolute Gasteiger partial charge is 0.338 e. The van der Waals surface area contributed by atoms with Crippen LogP contribution in [0.4, 0.5) is 0 Å². The van der Waals surface area contributed by atoms with E-state index in [2.05, 4.69) is 0 Å². The monoisotopic (exact) mass is 319 g/mol. The first-order valence-electron chi connectivity index (χ1n) is 7.48. The zero-order valence-electron chi connectivity index (χ0n) is 13.5. The zero-order valence-corrected chi connectivity index (χ0v) is 13.5. The van der Waals surface area contributed by atoms with Crippen LogP contribution in [0.25, 0.3) is 0 Å². The summed E-state index contributed by atoms with van der Waals surface area (Å²) in [6, 6.07) is 6.80. The number of hydrogen-bond donors (Lipinski definition) is 1. The normalized spacial score (nSPS) is 18.1. The Morgan fingerprint density at radius 2 is 1.87 bits per heavy atom. The summed E-state index contributed by atoms with van der Waals surface area (Å²) in [5, 5.41) is 8.97. The molecule has 1 amide bonds. The second-order valence-corrected chi connectivity index (χ2v) is 6.71. The summed E-state index contributed by atoms with van der Waals surface area (Å²) in [7, 11) is 0. The van der Waals surface area contributed by atoms with Gasteiger partial charge in [0.25, 0.3) is 0 Å². The molecular weight excluding hydrogens is 298 g/mol. The van der Waals surface area contributed by atoms with Crippen LogP contribution in [0.15, 0.2) is 24.3 Å². The van der Waals surface area contributed by atoms with Gasteiger partial charge in [0.15, 0.2) is 0 Å². The number of ether oxygens (including phenoxy) is 1. The number of benzene rings is 1. The fourth-order valence-electron chi connectivity index (χ4n) is 2.39. The third kappa shape index (κ3) is 4.55. The highest BCUT2D eigenvalue weighted by Crippen LogP contribution is 2.21. The highest BCUT2D eigenvalue weighted by Gasteiger charge is 2.34. The number of carboxylic acids is 1. The van der Waals surface area contributed by atoms with Crippen molar-refractivity contribution in [3.63, 3.8) is 0 Å². The van der Waals surface area contributed by atoms with Crippen LogP contribution < -0.4 is 0 Å². The molecule has 1 unspecified atom stereocenters. The molecule has 0 radical (unpaired) electrons. The van der Waals surface area contributed by atoms with Crippen molar-refractivity contribution in [2.75, 3.05) is 6.54 Å². The molecule has 1 atom stereocenters. The van der Waals surface area contributed by atoms with Crippen LogP contribution in [-0.4, -0.2) is 40.0 Å². The minimum atomic E-state index is -0.943. The van der Waals surface area contributed by atoms with Crippen molar-refractivity contribution in [3.05, 3.63) is 35.4 Å². The highest BCUT2D eigenvalue weighted by atomic mass is 16.6.